The first-order valence-corrected chi connectivity index (χ1v) is 4.27. The van der Waals surface area contributed by atoms with E-state index in [9.17, 15) is 9.90 Å². The Kier molecular flexibility index (Phi) is 3.28. The van der Waals surface area contributed by atoms with E-state index in [1.54, 1.807) is 0 Å². The largest absolute Gasteiger partial charge is 0.478 e. The van der Waals surface area contributed by atoms with E-state index in [4.69, 9.17) is 16.7 Å². The van der Waals surface area contributed by atoms with Crippen LogP contribution >= 0.6 is 11.6 Å². The topological polar surface area (TPSA) is 57.5 Å². The SMILES string of the molecule is C=CC(O)c1ccc(C(=O)O)cc1Cl. The summed E-state index contributed by atoms with van der Waals surface area (Å²) in [6.07, 6.45) is 0.451. The standard InChI is InChI=1S/C10H9ClO3/c1-2-9(12)7-4-3-6(10(13)14)5-8(7)11/h2-5,9,12H,1H2,(H,13,14). The molecule has 14 heavy (non-hydrogen) atoms. The Bertz CT molecular complexity index is 374. The predicted octanol–water partition coefficient (Wildman–Crippen LogP) is 2.26. The number of hydrogen-bond donors (Lipinski definition) is 2. The van der Waals surface area contributed by atoms with Crippen molar-refractivity contribution < 1.29 is 15.0 Å². The monoisotopic (exact) mass is 212 g/mol. The van der Waals surface area contributed by atoms with Crippen LogP contribution in [0.5, 0.6) is 0 Å². The second-order valence-electron chi connectivity index (χ2n) is 2.72. The molecule has 1 atom stereocenters. The Morgan fingerprint density at radius 1 is 1.57 bits per heavy atom. The molecule has 0 aliphatic carbocycles. The van der Waals surface area contributed by atoms with Crippen LogP contribution in [0.2, 0.25) is 5.02 Å². The van der Waals surface area contributed by atoms with Crippen molar-refractivity contribution in [2.75, 3.05) is 0 Å². The number of aliphatic hydroxyl groups excluding tert-OH is 1. The fourth-order valence-electron chi connectivity index (χ4n) is 1.03. The molecule has 0 saturated heterocycles. The van der Waals surface area contributed by atoms with Gasteiger partial charge in [-0.15, -0.1) is 6.58 Å². The second-order valence-corrected chi connectivity index (χ2v) is 3.13. The third kappa shape index (κ3) is 2.13. The first kappa shape index (κ1) is 10.8. The summed E-state index contributed by atoms with van der Waals surface area (Å²) in [6, 6.07) is 4.15. The Labute approximate surface area is 86.3 Å². The molecule has 0 amide bonds. The van der Waals surface area contributed by atoms with Crippen LogP contribution in [-0.2, 0) is 0 Å². The molecule has 0 spiro atoms. The number of carboxylic acid groups (broad SMARTS) is 1. The van der Waals surface area contributed by atoms with Crippen LogP contribution in [0.25, 0.3) is 0 Å². The van der Waals surface area contributed by atoms with Crippen LogP contribution in [0.3, 0.4) is 0 Å². The molecule has 0 aliphatic rings. The van der Waals surface area contributed by atoms with E-state index in [0.717, 1.165) is 0 Å². The van der Waals surface area contributed by atoms with Gasteiger partial charge in [-0.3, -0.25) is 0 Å². The summed E-state index contributed by atoms with van der Waals surface area (Å²) in [5.41, 5.74) is 0.543. The molecule has 0 aliphatic heterocycles. The second kappa shape index (κ2) is 4.26. The van der Waals surface area contributed by atoms with Crippen molar-refractivity contribution >= 4 is 17.6 Å². The van der Waals surface area contributed by atoms with Gasteiger partial charge in [-0.05, 0) is 12.1 Å². The first-order chi connectivity index (χ1) is 6.56. The van der Waals surface area contributed by atoms with Crippen LogP contribution in [0.15, 0.2) is 30.9 Å². The van der Waals surface area contributed by atoms with E-state index in [1.165, 1.54) is 24.3 Å². The molecule has 0 aromatic heterocycles. The van der Waals surface area contributed by atoms with E-state index in [-0.39, 0.29) is 10.6 Å². The van der Waals surface area contributed by atoms with E-state index >= 15 is 0 Å². The van der Waals surface area contributed by atoms with Crippen LogP contribution in [0.1, 0.15) is 22.0 Å². The maximum atomic E-state index is 10.6. The number of rotatable bonds is 3. The van der Waals surface area contributed by atoms with Crippen LogP contribution in [0, 0.1) is 0 Å². The average Bonchev–Trinajstić information content (AvgIpc) is 2.16. The van der Waals surface area contributed by atoms with Crippen molar-refractivity contribution in [1.82, 2.24) is 0 Å². The van der Waals surface area contributed by atoms with Crippen LogP contribution < -0.4 is 0 Å². The van der Waals surface area contributed by atoms with Gasteiger partial charge < -0.3 is 10.2 Å². The quantitative estimate of drug-likeness (QED) is 0.756. The van der Waals surface area contributed by atoms with Gasteiger partial charge in [-0.25, -0.2) is 4.79 Å². The lowest BCUT2D eigenvalue weighted by Crippen LogP contribution is -1.99. The molecule has 0 fully saturated rings. The minimum atomic E-state index is -1.05. The summed E-state index contributed by atoms with van der Waals surface area (Å²) < 4.78 is 0. The summed E-state index contributed by atoms with van der Waals surface area (Å²) >= 11 is 5.78. The Balaban J connectivity index is 3.13. The fraction of sp³-hybridized carbons (Fsp3) is 0.100. The molecular formula is C10H9ClO3. The van der Waals surface area contributed by atoms with Crippen molar-refractivity contribution in [3.8, 4) is 0 Å². The molecule has 3 nitrogen and oxygen atoms in total. The van der Waals surface area contributed by atoms with Crippen molar-refractivity contribution in [1.29, 1.82) is 0 Å². The molecule has 1 aromatic rings. The third-order valence-electron chi connectivity index (χ3n) is 1.79. The molecule has 4 heteroatoms. The number of halogens is 1. The smallest absolute Gasteiger partial charge is 0.335 e. The zero-order valence-electron chi connectivity index (χ0n) is 7.27. The van der Waals surface area contributed by atoms with E-state index in [0.29, 0.717) is 5.56 Å². The van der Waals surface area contributed by atoms with E-state index < -0.39 is 12.1 Å². The fourth-order valence-corrected chi connectivity index (χ4v) is 1.32. The maximum absolute atomic E-state index is 10.6. The lowest BCUT2D eigenvalue weighted by molar-refractivity contribution is 0.0696. The van der Waals surface area contributed by atoms with Crippen LogP contribution in [-0.4, -0.2) is 16.2 Å². The summed E-state index contributed by atoms with van der Waals surface area (Å²) in [6.45, 7) is 3.41. The van der Waals surface area contributed by atoms with Crippen molar-refractivity contribution in [3.63, 3.8) is 0 Å². The van der Waals surface area contributed by atoms with Gasteiger partial charge in [0, 0.05) is 10.6 Å². The van der Waals surface area contributed by atoms with Gasteiger partial charge in [0.2, 0.25) is 0 Å². The van der Waals surface area contributed by atoms with Crippen molar-refractivity contribution in [2.45, 2.75) is 6.10 Å². The number of carbonyl (C=O) groups is 1. The number of hydrogen-bond acceptors (Lipinski definition) is 2. The Morgan fingerprint density at radius 3 is 2.64 bits per heavy atom. The molecule has 1 rings (SSSR count). The van der Waals surface area contributed by atoms with Crippen LogP contribution in [0.4, 0.5) is 0 Å². The zero-order valence-corrected chi connectivity index (χ0v) is 8.03. The summed E-state index contributed by atoms with van der Waals surface area (Å²) in [4.78, 5) is 10.6. The van der Waals surface area contributed by atoms with Gasteiger partial charge in [0.25, 0.3) is 0 Å². The van der Waals surface area contributed by atoms with Gasteiger partial charge in [-0.1, -0.05) is 23.7 Å². The highest BCUT2D eigenvalue weighted by molar-refractivity contribution is 6.31. The number of aliphatic hydroxyl groups is 1. The molecular weight excluding hydrogens is 204 g/mol. The first-order valence-electron chi connectivity index (χ1n) is 3.89. The molecule has 0 bridgehead atoms. The predicted molar refractivity (Wildman–Crippen MR) is 53.6 cm³/mol. The van der Waals surface area contributed by atoms with E-state index in [1.807, 2.05) is 0 Å². The minimum Gasteiger partial charge on any atom is -0.478 e. The normalized spacial score (nSPS) is 12.1. The highest BCUT2D eigenvalue weighted by Gasteiger charge is 2.10. The molecule has 1 unspecified atom stereocenters. The van der Waals surface area contributed by atoms with Gasteiger partial charge in [-0.2, -0.15) is 0 Å². The number of carboxylic acids is 1. The Hall–Kier alpha value is -1.32. The van der Waals surface area contributed by atoms with Gasteiger partial charge in [0.15, 0.2) is 0 Å². The summed E-state index contributed by atoms with van der Waals surface area (Å²) in [7, 11) is 0. The molecule has 2 N–H and O–H groups in total. The minimum absolute atomic E-state index is 0.0926. The average molecular weight is 213 g/mol. The molecule has 0 heterocycles. The third-order valence-corrected chi connectivity index (χ3v) is 2.12. The Morgan fingerprint density at radius 2 is 2.21 bits per heavy atom. The molecule has 74 valence electrons. The maximum Gasteiger partial charge on any atom is 0.335 e. The molecule has 0 saturated carbocycles. The van der Waals surface area contributed by atoms with Gasteiger partial charge in [0.05, 0.1) is 11.7 Å². The van der Waals surface area contributed by atoms with Gasteiger partial charge >= 0.3 is 5.97 Å². The number of benzene rings is 1. The highest BCUT2D eigenvalue weighted by atomic mass is 35.5. The lowest BCUT2D eigenvalue weighted by atomic mass is 10.1. The van der Waals surface area contributed by atoms with E-state index in [2.05, 4.69) is 6.58 Å². The summed E-state index contributed by atoms with van der Waals surface area (Å²) in [5.74, 6) is -1.05. The van der Waals surface area contributed by atoms with Gasteiger partial charge in [0.1, 0.15) is 0 Å². The number of aromatic carboxylic acids is 1. The molecule has 0 radical (unpaired) electrons. The molecule has 1 aromatic carbocycles. The lowest BCUT2D eigenvalue weighted by Gasteiger charge is -2.08. The summed E-state index contributed by atoms with van der Waals surface area (Å²) in [5, 5.41) is 18.3. The van der Waals surface area contributed by atoms with Crippen molar-refractivity contribution in [2.24, 2.45) is 0 Å². The highest BCUT2D eigenvalue weighted by Crippen LogP contribution is 2.24. The van der Waals surface area contributed by atoms with Crippen molar-refractivity contribution in [3.05, 3.63) is 47.0 Å². The zero-order chi connectivity index (χ0) is 10.7.